The number of aliphatic hydroxyl groups excluding tert-OH is 1. The molecule has 0 saturated carbocycles. The minimum Gasteiger partial charge on any atom is -0.386 e. The molecule has 0 radical (unpaired) electrons. The van der Waals surface area contributed by atoms with Gasteiger partial charge in [0.25, 0.3) is 0 Å². The van der Waals surface area contributed by atoms with E-state index in [1.807, 2.05) is 4.90 Å². The number of nitrogens with two attached hydrogens (primary N) is 1. The molecule has 0 spiro atoms. The Bertz CT molecular complexity index is 442. The predicted octanol–water partition coefficient (Wildman–Crippen LogP) is 1.53. The largest absolute Gasteiger partial charge is 0.386 e. The molecule has 1 saturated heterocycles. The number of rotatable bonds is 3. The second-order valence-corrected chi connectivity index (χ2v) is 4.69. The maximum atomic E-state index is 13.1. The van der Waals surface area contributed by atoms with E-state index in [-0.39, 0.29) is 11.6 Å². The van der Waals surface area contributed by atoms with Crippen molar-refractivity contribution < 1.29 is 9.50 Å². The van der Waals surface area contributed by atoms with Crippen molar-refractivity contribution in [2.75, 3.05) is 19.6 Å². The maximum absolute atomic E-state index is 13.1. The molecule has 4 nitrogen and oxygen atoms in total. The molecule has 1 atom stereocenters. The van der Waals surface area contributed by atoms with Crippen molar-refractivity contribution in [2.45, 2.75) is 12.5 Å². The number of halogens is 2. The molecule has 0 amide bonds. The van der Waals surface area contributed by atoms with Crippen molar-refractivity contribution in [1.29, 1.82) is 0 Å². The van der Waals surface area contributed by atoms with Crippen LogP contribution in [-0.2, 0) is 0 Å². The molecule has 0 bridgehead atoms. The maximum Gasteiger partial charge on any atom is 0.191 e. The summed E-state index contributed by atoms with van der Waals surface area (Å²) in [6.45, 7) is 1.90. The highest BCUT2D eigenvalue weighted by Gasteiger charge is 2.16. The molecular weight excluding hydrogens is 257 g/mol. The third kappa shape index (κ3) is 3.11. The van der Waals surface area contributed by atoms with E-state index in [9.17, 15) is 9.50 Å². The normalized spacial score (nSPS) is 17.5. The Balaban J connectivity index is 2.00. The molecule has 1 aromatic carbocycles. The van der Waals surface area contributed by atoms with Crippen molar-refractivity contribution in [3.63, 3.8) is 0 Å². The van der Waals surface area contributed by atoms with Crippen LogP contribution in [0, 0.1) is 5.82 Å². The molecule has 3 N–H and O–H groups in total. The summed E-state index contributed by atoms with van der Waals surface area (Å²) in [5, 5.41) is 10.1. The monoisotopic (exact) mass is 271 g/mol. The summed E-state index contributed by atoms with van der Waals surface area (Å²) in [5.41, 5.74) is 6.13. The first-order chi connectivity index (χ1) is 8.56. The van der Waals surface area contributed by atoms with E-state index >= 15 is 0 Å². The fourth-order valence-corrected chi connectivity index (χ4v) is 1.93. The summed E-state index contributed by atoms with van der Waals surface area (Å²) >= 11 is 5.72. The van der Waals surface area contributed by atoms with Crippen LogP contribution in [0.5, 0.6) is 0 Å². The smallest absolute Gasteiger partial charge is 0.191 e. The topological polar surface area (TPSA) is 61.9 Å². The van der Waals surface area contributed by atoms with Gasteiger partial charge in [-0.15, -0.1) is 0 Å². The van der Waals surface area contributed by atoms with Crippen LogP contribution in [0.3, 0.4) is 0 Å². The molecule has 1 heterocycles. The van der Waals surface area contributed by atoms with E-state index in [0.717, 1.165) is 19.5 Å². The van der Waals surface area contributed by atoms with Crippen LogP contribution in [0.4, 0.5) is 4.39 Å². The van der Waals surface area contributed by atoms with Gasteiger partial charge in [-0.05, 0) is 30.2 Å². The van der Waals surface area contributed by atoms with E-state index < -0.39 is 11.9 Å². The molecule has 1 aliphatic rings. The van der Waals surface area contributed by atoms with Crippen molar-refractivity contribution in [1.82, 2.24) is 4.90 Å². The Morgan fingerprint density at radius 2 is 2.22 bits per heavy atom. The van der Waals surface area contributed by atoms with Crippen molar-refractivity contribution in [3.8, 4) is 0 Å². The molecule has 0 aromatic heterocycles. The van der Waals surface area contributed by atoms with E-state index in [0.29, 0.717) is 11.5 Å². The van der Waals surface area contributed by atoms with Crippen LogP contribution >= 0.6 is 11.6 Å². The van der Waals surface area contributed by atoms with Crippen LogP contribution in [0.1, 0.15) is 18.1 Å². The average molecular weight is 272 g/mol. The molecule has 0 aliphatic carbocycles. The van der Waals surface area contributed by atoms with Crippen LogP contribution < -0.4 is 5.73 Å². The molecule has 1 aromatic rings. The lowest BCUT2D eigenvalue weighted by molar-refractivity contribution is 0.185. The van der Waals surface area contributed by atoms with Crippen LogP contribution in [0.2, 0.25) is 5.02 Å². The zero-order valence-corrected chi connectivity index (χ0v) is 10.6. The summed E-state index contributed by atoms with van der Waals surface area (Å²) in [6, 6.07) is 3.95. The third-order valence-electron chi connectivity index (χ3n) is 2.88. The number of aliphatic hydroxyl groups is 1. The molecule has 1 unspecified atom stereocenters. The van der Waals surface area contributed by atoms with Gasteiger partial charge in [-0.1, -0.05) is 11.6 Å². The minimum atomic E-state index is -0.905. The Hall–Kier alpha value is -1.33. The van der Waals surface area contributed by atoms with Gasteiger partial charge in [-0.2, -0.15) is 0 Å². The van der Waals surface area contributed by atoms with Gasteiger partial charge >= 0.3 is 0 Å². The van der Waals surface area contributed by atoms with Gasteiger partial charge < -0.3 is 15.7 Å². The summed E-state index contributed by atoms with van der Waals surface area (Å²) in [7, 11) is 0. The Kier molecular flexibility index (Phi) is 4.04. The number of hydrogen-bond acceptors (Lipinski definition) is 2. The first-order valence-corrected chi connectivity index (χ1v) is 6.13. The lowest BCUT2D eigenvalue weighted by atomic mass is 10.1. The van der Waals surface area contributed by atoms with E-state index in [2.05, 4.69) is 4.99 Å². The zero-order chi connectivity index (χ0) is 13.1. The summed E-state index contributed by atoms with van der Waals surface area (Å²) < 4.78 is 13.1. The summed E-state index contributed by atoms with van der Waals surface area (Å²) in [4.78, 5) is 6.01. The van der Waals surface area contributed by atoms with E-state index in [4.69, 9.17) is 17.3 Å². The van der Waals surface area contributed by atoms with Gasteiger partial charge in [0.1, 0.15) is 5.82 Å². The lowest BCUT2D eigenvalue weighted by Crippen LogP contribution is -2.46. The van der Waals surface area contributed by atoms with Crippen LogP contribution in [0.25, 0.3) is 0 Å². The van der Waals surface area contributed by atoms with Crippen LogP contribution in [0.15, 0.2) is 23.2 Å². The van der Waals surface area contributed by atoms with Crippen molar-refractivity contribution in [3.05, 3.63) is 34.6 Å². The fraction of sp³-hybridized carbons (Fsp3) is 0.417. The number of nitrogens with zero attached hydrogens (tertiary/aromatic N) is 2. The van der Waals surface area contributed by atoms with Crippen LogP contribution in [-0.4, -0.2) is 35.6 Å². The number of likely N-dealkylation sites (tertiary alicyclic amines) is 1. The predicted molar refractivity (Wildman–Crippen MR) is 69.0 cm³/mol. The second kappa shape index (κ2) is 5.54. The van der Waals surface area contributed by atoms with Gasteiger partial charge in [-0.25, -0.2) is 4.39 Å². The minimum absolute atomic E-state index is 0.0993. The number of benzene rings is 1. The van der Waals surface area contributed by atoms with Crippen molar-refractivity contribution >= 4 is 17.6 Å². The lowest BCUT2D eigenvalue weighted by Gasteiger charge is -2.31. The number of guanidine groups is 1. The summed E-state index contributed by atoms with van der Waals surface area (Å²) in [6.07, 6.45) is 0.205. The Morgan fingerprint density at radius 1 is 1.50 bits per heavy atom. The fourth-order valence-electron chi connectivity index (χ4n) is 1.70. The summed E-state index contributed by atoms with van der Waals surface area (Å²) in [5.74, 6) is -0.0564. The second-order valence-electron chi connectivity index (χ2n) is 4.26. The Labute approximate surface area is 110 Å². The van der Waals surface area contributed by atoms with E-state index in [1.165, 1.54) is 18.2 Å². The van der Waals surface area contributed by atoms with Gasteiger partial charge in [-0.3, -0.25) is 4.99 Å². The number of aliphatic imine (C=N–C) groups is 1. The Morgan fingerprint density at radius 3 is 2.78 bits per heavy atom. The number of hydrogen-bond donors (Lipinski definition) is 2. The van der Waals surface area contributed by atoms with Gasteiger partial charge in [0.05, 0.1) is 12.6 Å². The van der Waals surface area contributed by atoms with Crippen molar-refractivity contribution in [2.24, 2.45) is 10.7 Å². The quantitative estimate of drug-likeness (QED) is 0.647. The zero-order valence-electron chi connectivity index (χ0n) is 9.81. The van der Waals surface area contributed by atoms with E-state index in [1.54, 1.807) is 0 Å². The third-order valence-corrected chi connectivity index (χ3v) is 3.09. The average Bonchev–Trinajstić information content (AvgIpc) is 2.22. The van der Waals surface area contributed by atoms with Gasteiger partial charge in [0.15, 0.2) is 5.96 Å². The molecule has 18 heavy (non-hydrogen) atoms. The SMILES string of the molecule is NC(=NCC(O)c1cc(F)cc(Cl)c1)N1CCC1. The first kappa shape index (κ1) is 13.1. The first-order valence-electron chi connectivity index (χ1n) is 5.75. The standard InChI is InChI=1S/C12H15ClFN3O/c13-9-4-8(5-10(14)6-9)11(18)7-16-12(15)17-2-1-3-17/h4-6,11,18H,1-3,7H2,(H2,15,16). The molecular formula is C12H15ClFN3O. The molecule has 1 aliphatic heterocycles. The highest BCUT2D eigenvalue weighted by atomic mass is 35.5. The molecule has 98 valence electrons. The highest BCUT2D eigenvalue weighted by Crippen LogP contribution is 2.20. The highest BCUT2D eigenvalue weighted by molar-refractivity contribution is 6.30. The molecule has 1 fully saturated rings. The van der Waals surface area contributed by atoms with Gasteiger partial charge in [0, 0.05) is 18.1 Å². The molecule has 6 heteroatoms. The van der Waals surface area contributed by atoms with Gasteiger partial charge in [0.2, 0.25) is 0 Å². The molecule has 2 rings (SSSR count).